The fourth-order valence-electron chi connectivity index (χ4n) is 2.07. The van der Waals surface area contributed by atoms with Gasteiger partial charge in [-0.05, 0) is 43.5 Å². The lowest BCUT2D eigenvalue weighted by Crippen LogP contribution is -2.05. The van der Waals surface area contributed by atoms with Crippen LogP contribution in [-0.2, 0) is 6.42 Å². The van der Waals surface area contributed by atoms with Gasteiger partial charge in [0.1, 0.15) is 11.6 Å². The van der Waals surface area contributed by atoms with Crippen LogP contribution in [0.25, 0.3) is 0 Å². The van der Waals surface area contributed by atoms with Crippen molar-refractivity contribution in [2.75, 3.05) is 6.61 Å². The normalized spacial score (nSPS) is 11.4. The molecule has 0 heterocycles. The molecule has 0 aromatic heterocycles. The van der Waals surface area contributed by atoms with E-state index in [1.165, 1.54) is 17.7 Å². The van der Waals surface area contributed by atoms with Crippen LogP contribution in [0.4, 0.5) is 4.39 Å². The molecular weight excluding hydrogens is 269 g/mol. The first kappa shape index (κ1) is 15.0. The molecule has 2 aromatic rings. The molecule has 0 saturated carbocycles. The Morgan fingerprint density at radius 3 is 2.67 bits per heavy atom. The summed E-state index contributed by atoms with van der Waals surface area (Å²) in [7, 11) is 0. The molecule has 0 amide bonds. The van der Waals surface area contributed by atoms with Gasteiger partial charge in [0.25, 0.3) is 0 Å². The Morgan fingerprint density at radius 2 is 1.95 bits per heavy atom. The number of rotatable bonds is 6. The van der Waals surface area contributed by atoms with E-state index in [2.05, 4.69) is 17.3 Å². The first-order valence-corrected chi connectivity index (χ1v) is 6.86. The van der Waals surface area contributed by atoms with Gasteiger partial charge in [0.15, 0.2) is 0 Å². The Kier molecular flexibility index (Phi) is 5.32. The van der Waals surface area contributed by atoms with Crippen LogP contribution in [0.1, 0.15) is 24.5 Å². The van der Waals surface area contributed by atoms with E-state index in [1.807, 2.05) is 18.2 Å². The fraction of sp³-hybridized carbons (Fsp3) is 0.235. The molecule has 3 nitrogen and oxygen atoms in total. The first-order chi connectivity index (χ1) is 10.2. The van der Waals surface area contributed by atoms with Crippen molar-refractivity contribution >= 4 is 5.71 Å². The highest BCUT2D eigenvalue weighted by atomic mass is 19.1. The highest BCUT2D eigenvalue weighted by Crippen LogP contribution is 2.21. The van der Waals surface area contributed by atoms with Gasteiger partial charge in [0.2, 0.25) is 0 Å². The Bertz CT molecular complexity index is 611. The highest BCUT2D eigenvalue weighted by Gasteiger charge is 2.09. The molecule has 0 radical (unpaired) electrons. The second-order valence-corrected chi connectivity index (χ2v) is 4.76. The summed E-state index contributed by atoms with van der Waals surface area (Å²) in [5.74, 6) is 0.143. The van der Waals surface area contributed by atoms with Gasteiger partial charge in [-0.1, -0.05) is 35.5 Å². The minimum absolute atomic E-state index is 0.326. The molecule has 0 bridgehead atoms. The maximum Gasteiger partial charge on any atom is 0.128 e. The molecule has 1 N–H and O–H groups in total. The molecule has 0 fully saturated rings. The molecule has 2 rings (SSSR count). The summed E-state index contributed by atoms with van der Waals surface area (Å²) in [5.41, 5.74) is 2.05. The maximum absolute atomic E-state index is 13.3. The van der Waals surface area contributed by atoms with Crippen LogP contribution in [0.5, 0.6) is 5.75 Å². The second-order valence-electron chi connectivity index (χ2n) is 4.76. The van der Waals surface area contributed by atoms with Crippen LogP contribution in [0.15, 0.2) is 53.7 Å². The van der Waals surface area contributed by atoms with Gasteiger partial charge in [-0.2, -0.15) is 0 Å². The number of hydrogen-bond donors (Lipinski definition) is 1. The molecule has 0 atom stereocenters. The molecule has 0 aliphatic rings. The van der Waals surface area contributed by atoms with Crippen molar-refractivity contribution in [1.82, 2.24) is 0 Å². The minimum atomic E-state index is -0.385. The van der Waals surface area contributed by atoms with E-state index in [1.54, 1.807) is 13.0 Å². The summed E-state index contributed by atoms with van der Waals surface area (Å²) in [6.07, 6.45) is 1.78. The molecule has 21 heavy (non-hydrogen) atoms. The third-order valence-corrected chi connectivity index (χ3v) is 3.19. The first-order valence-electron chi connectivity index (χ1n) is 6.86. The van der Waals surface area contributed by atoms with Crippen LogP contribution < -0.4 is 4.74 Å². The van der Waals surface area contributed by atoms with Gasteiger partial charge in [0, 0.05) is 5.56 Å². The lowest BCUT2D eigenvalue weighted by Gasteiger charge is -2.11. The van der Waals surface area contributed by atoms with Gasteiger partial charge >= 0.3 is 0 Å². The topological polar surface area (TPSA) is 41.8 Å². The minimum Gasteiger partial charge on any atom is -0.493 e. The van der Waals surface area contributed by atoms with E-state index in [4.69, 9.17) is 9.94 Å². The van der Waals surface area contributed by atoms with E-state index in [-0.39, 0.29) is 5.82 Å². The predicted octanol–water partition coefficient (Wildman–Crippen LogP) is 4.04. The fourth-order valence-corrected chi connectivity index (χ4v) is 2.07. The molecule has 4 heteroatoms. The van der Waals surface area contributed by atoms with Gasteiger partial charge in [-0.15, -0.1) is 0 Å². The van der Waals surface area contributed by atoms with Crippen molar-refractivity contribution in [3.05, 3.63) is 65.5 Å². The number of benzene rings is 2. The number of halogens is 1. The molecule has 0 spiro atoms. The Hall–Kier alpha value is -2.36. The van der Waals surface area contributed by atoms with Gasteiger partial charge in [0.05, 0.1) is 12.3 Å². The number of oxime groups is 1. The van der Waals surface area contributed by atoms with Crippen LogP contribution in [-0.4, -0.2) is 17.5 Å². The quantitative estimate of drug-likeness (QED) is 0.377. The average molecular weight is 287 g/mol. The largest absolute Gasteiger partial charge is 0.493 e. The monoisotopic (exact) mass is 287 g/mol. The third-order valence-electron chi connectivity index (χ3n) is 3.19. The summed E-state index contributed by atoms with van der Waals surface area (Å²) < 4.78 is 18.9. The summed E-state index contributed by atoms with van der Waals surface area (Å²) in [4.78, 5) is 0. The number of aryl methyl sites for hydroxylation is 1. The SMILES string of the molecule is C/C(=N/O)c1cc(F)ccc1OCCCc1ccccc1. The van der Waals surface area contributed by atoms with Crippen LogP contribution in [0.3, 0.4) is 0 Å². The molecule has 110 valence electrons. The number of nitrogens with zero attached hydrogens (tertiary/aromatic N) is 1. The van der Waals surface area contributed by atoms with Crippen molar-refractivity contribution in [2.45, 2.75) is 19.8 Å². The summed E-state index contributed by atoms with van der Waals surface area (Å²) in [6, 6.07) is 14.4. The summed E-state index contributed by atoms with van der Waals surface area (Å²) >= 11 is 0. The molecule has 0 aliphatic carbocycles. The van der Waals surface area contributed by atoms with Crippen molar-refractivity contribution in [2.24, 2.45) is 5.16 Å². The lowest BCUT2D eigenvalue weighted by molar-refractivity contribution is 0.307. The zero-order valence-corrected chi connectivity index (χ0v) is 11.9. The Labute approximate surface area is 123 Å². The molecule has 0 unspecified atom stereocenters. The summed E-state index contributed by atoms with van der Waals surface area (Å²) in [5, 5.41) is 11.9. The standard InChI is InChI=1S/C17H18FNO2/c1-13(19-20)16-12-15(18)9-10-17(16)21-11-5-8-14-6-3-2-4-7-14/h2-4,6-7,9-10,12,20H,5,8,11H2,1H3/b19-13-. The Morgan fingerprint density at radius 1 is 1.19 bits per heavy atom. The van der Waals surface area contributed by atoms with Gasteiger partial charge in [-0.3, -0.25) is 0 Å². The average Bonchev–Trinajstić information content (AvgIpc) is 2.53. The third kappa shape index (κ3) is 4.31. The lowest BCUT2D eigenvalue weighted by atomic mass is 10.1. The van der Waals surface area contributed by atoms with Crippen molar-refractivity contribution in [3.8, 4) is 5.75 Å². The van der Waals surface area contributed by atoms with E-state index in [9.17, 15) is 4.39 Å². The maximum atomic E-state index is 13.3. The van der Waals surface area contributed by atoms with E-state index >= 15 is 0 Å². The zero-order valence-electron chi connectivity index (χ0n) is 11.9. The van der Waals surface area contributed by atoms with Crippen LogP contribution in [0, 0.1) is 5.82 Å². The predicted molar refractivity (Wildman–Crippen MR) is 80.7 cm³/mol. The van der Waals surface area contributed by atoms with E-state index in [0.29, 0.717) is 23.6 Å². The van der Waals surface area contributed by atoms with Crippen LogP contribution >= 0.6 is 0 Å². The van der Waals surface area contributed by atoms with E-state index in [0.717, 1.165) is 12.8 Å². The number of ether oxygens (including phenoxy) is 1. The van der Waals surface area contributed by atoms with Gasteiger partial charge < -0.3 is 9.94 Å². The zero-order chi connectivity index (χ0) is 15.1. The second kappa shape index (κ2) is 7.43. The van der Waals surface area contributed by atoms with Gasteiger partial charge in [-0.25, -0.2) is 4.39 Å². The smallest absolute Gasteiger partial charge is 0.128 e. The highest BCUT2D eigenvalue weighted by molar-refractivity contribution is 6.00. The van der Waals surface area contributed by atoms with Crippen molar-refractivity contribution in [3.63, 3.8) is 0 Å². The Balaban J connectivity index is 1.94. The van der Waals surface area contributed by atoms with Crippen molar-refractivity contribution in [1.29, 1.82) is 0 Å². The molecule has 0 saturated heterocycles. The summed E-state index contributed by atoms with van der Waals surface area (Å²) in [6.45, 7) is 2.12. The van der Waals surface area contributed by atoms with Crippen LogP contribution in [0.2, 0.25) is 0 Å². The molecule has 2 aromatic carbocycles. The molecule has 0 aliphatic heterocycles. The molecular formula is C17H18FNO2. The number of hydrogen-bond acceptors (Lipinski definition) is 3. The van der Waals surface area contributed by atoms with E-state index < -0.39 is 0 Å². The van der Waals surface area contributed by atoms with Crippen molar-refractivity contribution < 1.29 is 14.3 Å².